The largest absolute Gasteiger partial charge is 0.396 e. The SMILES string of the molecule is Cn1cncc1CN1CC(CO)C1. The van der Waals surface area contributed by atoms with E-state index in [1.165, 1.54) is 5.69 Å². The number of rotatable bonds is 3. The van der Waals surface area contributed by atoms with E-state index >= 15 is 0 Å². The van der Waals surface area contributed by atoms with Crippen LogP contribution in [-0.2, 0) is 13.6 Å². The number of aliphatic hydroxyl groups is 1. The summed E-state index contributed by atoms with van der Waals surface area (Å²) < 4.78 is 2.03. The molecule has 4 heteroatoms. The average molecular weight is 181 g/mol. The van der Waals surface area contributed by atoms with Gasteiger partial charge in [0.2, 0.25) is 0 Å². The van der Waals surface area contributed by atoms with Gasteiger partial charge in [-0.1, -0.05) is 0 Å². The Morgan fingerprint density at radius 1 is 1.62 bits per heavy atom. The number of nitrogens with zero attached hydrogens (tertiary/aromatic N) is 3. The fourth-order valence-corrected chi connectivity index (χ4v) is 1.69. The molecule has 0 atom stereocenters. The van der Waals surface area contributed by atoms with Gasteiger partial charge in [-0.05, 0) is 0 Å². The molecule has 2 heterocycles. The van der Waals surface area contributed by atoms with Gasteiger partial charge in [0.1, 0.15) is 0 Å². The lowest BCUT2D eigenvalue weighted by Crippen LogP contribution is -2.47. The molecule has 1 N–H and O–H groups in total. The summed E-state index contributed by atoms with van der Waals surface area (Å²) >= 11 is 0. The molecule has 1 aliphatic rings. The molecule has 0 saturated carbocycles. The molecule has 4 nitrogen and oxygen atoms in total. The first kappa shape index (κ1) is 8.72. The molecule has 0 aliphatic carbocycles. The number of likely N-dealkylation sites (tertiary alicyclic amines) is 1. The van der Waals surface area contributed by atoms with Gasteiger partial charge in [0.25, 0.3) is 0 Å². The topological polar surface area (TPSA) is 41.3 Å². The zero-order valence-electron chi connectivity index (χ0n) is 7.85. The van der Waals surface area contributed by atoms with Gasteiger partial charge in [0.05, 0.1) is 12.0 Å². The van der Waals surface area contributed by atoms with E-state index in [1.54, 1.807) is 0 Å². The van der Waals surface area contributed by atoms with Gasteiger partial charge in [-0.25, -0.2) is 4.98 Å². The summed E-state index contributed by atoms with van der Waals surface area (Å²) in [7, 11) is 2.01. The van der Waals surface area contributed by atoms with E-state index in [0.717, 1.165) is 19.6 Å². The standard InChI is InChI=1S/C9H15N3O/c1-11-7-10-2-9(11)5-12-3-8(4-12)6-13/h2,7-8,13H,3-6H2,1H3. The normalized spacial score (nSPS) is 18.9. The summed E-state index contributed by atoms with van der Waals surface area (Å²) in [6, 6.07) is 0. The van der Waals surface area contributed by atoms with Crippen LogP contribution in [0.3, 0.4) is 0 Å². The van der Waals surface area contributed by atoms with Gasteiger partial charge >= 0.3 is 0 Å². The van der Waals surface area contributed by atoms with Crippen LogP contribution >= 0.6 is 0 Å². The Morgan fingerprint density at radius 3 is 2.92 bits per heavy atom. The fraction of sp³-hybridized carbons (Fsp3) is 0.667. The Morgan fingerprint density at radius 2 is 2.38 bits per heavy atom. The predicted octanol–water partition coefficient (Wildman–Crippen LogP) is -0.156. The van der Waals surface area contributed by atoms with Gasteiger partial charge in [0.15, 0.2) is 0 Å². The summed E-state index contributed by atoms with van der Waals surface area (Å²) in [5, 5.41) is 8.84. The van der Waals surface area contributed by atoms with Gasteiger partial charge in [-0.3, -0.25) is 4.90 Å². The Balaban J connectivity index is 1.84. The summed E-state index contributed by atoms with van der Waals surface area (Å²) in [5.41, 5.74) is 1.23. The molecule has 1 saturated heterocycles. The van der Waals surface area contributed by atoms with Gasteiger partial charge in [-0.15, -0.1) is 0 Å². The molecule has 0 bridgehead atoms. The molecular formula is C9H15N3O. The molecule has 1 aromatic heterocycles. The number of aliphatic hydroxyl groups excluding tert-OH is 1. The average Bonchev–Trinajstić information content (AvgIpc) is 2.43. The first-order valence-corrected chi connectivity index (χ1v) is 4.58. The van der Waals surface area contributed by atoms with E-state index in [9.17, 15) is 0 Å². The number of hydrogen-bond acceptors (Lipinski definition) is 3. The van der Waals surface area contributed by atoms with Crippen molar-refractivity contribution in [3.63, 3.8) is 0 Å². The minimum absolute atomic E-state index is 0.321. The summed E-state index contributed by atoms with van der Waals surface area (Å²) in [5.74, 6) is 0.494. The van der Waals surface area contributed by atoms with Crippen molar-refractivity contribution in [1.82, 2.24) is 14.5 Å². The third-order valence-electron chi connectivity index (χ3n) is 2.59. The van der Waals surface area contributed by atoms with E-state index in [1.807, 2.05) is 24.1 Å². The summed E-state index contributed by atoms with van der Waals surface area (Å²) in [6.45, 7) is 3.30. The van der Waals surface area contributed by atoms with Crippen LogP contribution in [0.1, 0.15) is 5.69 Å². The van der Waals surface area contributed by atoms with Crippen LogP contribution in [0.4, 0.5) is 0 Å². The monoisotopic (exact) mass is 181 g/mol. The minimum Gasteiger partial charge on any atom is -0.396 e. The van der Waals surface area contributed by atoms with Crippen molar-refractivity contribution in [3.05, 3.63) is 18.2 Å². The maximum atomic E-state index is 8.84. The highest BCUT2D eigenvalue weighted by Gasteiger charge is 2.25. The Kier molecular flexibility index (Phi) is 2.33. The zero-order chi connectivity index (χ0) is 9.26. The molecule has 1 aromatic rings. The Labute approximate surface area is 77.8 Å². The van der Waals surface area contributed by atoms with Crippen LogP contribution in [0.15, 0.2) is 12.5 Å². The first-order valence-electron chi connectivity index (χ1n) is 4.58. The number of aryl methyl sites for hydroxylation is 1. The van der Waals surface area contributed by atoms with Crippen LogP contribution in [0, 0.1) is 5.92 Å². The highest BCUT2D eigenvalue weighted by molar-refractivity contribution is 4.98. The van der Waals surface area contributed by atoms with Crippen molar-refractivity contribution in [2.45, 2.75) is 6.54 Å². The van der Waals surface area contributed by atoms with Crippen molar-refractivity contribution < 1.29 is 5.11 Å². The first-order chi connectivity index (χ1) is 6.29. The predicted molar refractivity (Wildman–Crippen MR) is 49.1 cm³/mol. The Hall–Kier alpha value is -0.870. The molecule has 0 spiro atoms. The van der Waals surface area contributed by atoms with E-state index in [-0.39, 0.29) is 0 Å². The second-order valence-corrected chi connectivity index (χ2v) is 3.74. The van der Waals surface area contributed by atoms with Gasteiger partial charge in [-0.2, -0.15) is 0 Å². The molecular weight excluding hydrogens is 166 g/mol. The van der Waals surface area contributed by atoms with Crippen molar-refractivity contribution in [3.8, 4) is 0 Å². The van der Waals surface area contributed by atoms with Crippen LogP contribution in [-0.4, -0.2) is 39.3 Å². The third kappa shape index (κ3) is 1.73. The molecule has 13 heavy (non-hydrogen) atoms. The van der Waals surface area contributed by atoms with Crippen molar-refractivity contribution in [2.75, 3.05) is 19.7 Å². The van der Waals surface area contributed by atoms with Crippen LogP contribution in [0.2, 0.25) is 0 Å². The maximum Gasteiger partial charge on any atom is 0.0945 e. The maximum absolute atomic E-state index is 8.84. The highest BCUT2D eigenvalue weighted by atomic mass is 16.3. The second kappa shape index (κ2) is 3.47. The molecule has 1 aliphatic heterocycles. The third-order valence-corrected chi connectivity index (χ3v) is 2.59. The molecule has 0 radical (unpaired) electrons. The van der Waals surface area contributed by atoms with Crippen molar-refractivity contribution in [1.29, 1.82) is 0 Å². The smallest absolute Gasteiger partial charge is 0.0945 e. The highest BCUT2D eigenvalue weighted by Crippen LogP contribution is 2.17. The lowest BCUT2D eigenvalue weighted by molar-refractivity contribution is 0.0464. The molecule has 0 aromatic carbocycles. The van der Waals surface area contributed by atoms with Crippen LogP contribution < -0.4 is 0 Å². The van der Waals surface area contributed by atoms with Gasteiger partial charge in [0, 0.05) is 45.4 Å². The summed E-state index contributed by atoms with van der Waals surface area (Å²) in [6.07, 6.45) is 3.71. The summed E-state index contributed by atoms with van der Waals surface area (Å²) in [4.78, 5) is 6.38. The quantitative estimate of drug-likeness (QED) is 0.704. The number of imidazole rings is 1. The zero-order valence-corrected chi connectivity index (χ0v) is 7.85. The van der Waals surface area contributed by atoms with Gasteiger partial charge < -0.3 is 9.67 Å². The van der Waals surface area contributed by atoms with Crippen molar-refractivity contribution >= 4 is 0 Å². The minimum atomic E-state index is 0.321. The molecule has 72 valence electrons. The molecule has 1 fully saturated rings. The number of aromatic nitrogens is 2. The lowest BCUT2D eigenvalue weighted by Gasteiger charge is -2.38. The molecule has 2 rings (SSSR count). The van der Waals surface area contributed by atoms with E-state index in [4.69, 9.17) is 5.11 Å². The molecule has 0 amide bonds. The van der Waals surface area contributed by atoms with E-state index in [0.29, 0.717) is 12.5 Å². The fourth-order valence-electron chi connectivity index (χ4n) is 1.69. The van der Waals surface area contributed by atoms with Crippen molar-refractivity contribution in [2.24, 2.45) is 13.0 Å². The van der Waals surface area contributed by atoms with Crippen LogP contribution in [0.25, 0.3) is 0 Å². The van der Waals surface area contributed by atoms with E-state index in [2.05, 4.69) is 9.88 Å². The lowest BCUT2D eigenvalue weighted by atomic mass is 10.0. The molecule has 0 unspecified atom stereocenters. The second-order valence-electron chi connectivity index (χ2n) is 3.74. The van der Waals surface area contributed by atoms with Crippen LogP contribution in [0.5, 0.6) is 0 Å². The Bertz CT molecular complexity index is 278. The number of hydrogen-bond donors (Lipinski definition) is 1. The van der Waals surface area contributed by atoms with E-state index < -0.39 is 0 Å².